The van der Waals surface area contributed by atoms with E-state index in [0.717, 1.165) is 17.5 Å². The molecule has 118 valence electrons. The van der Waals surface area contributed by atoms with E-state index in [4.69, 9.17) is 0 Å². The van der Waals surface area contributed by atoms with Gasteiger partial charge in [-0.2, -0.15) is 5.26 Å². The molecular weight excluding hydrogens is 290 g/mol. The lowest BCUT2D eigenvalue weighted by Gasteiger charge is -2.36. The molecule has 3 aromatic carbocycles. The van der Waals surface area contributed by atoms with Crippen molar-refractivity contribution in [2.24, 2.45) is 0 Å². The van der Waals surface area contributed by atoms with Crippen LogP contribution in [-0.4, -0.2) is 0 Å². The molecule has 0 aromatic heterocycles. The molecule has 0 unspecified atom stereocenters. The van der Waals surface area contributed by atoms with Crippen LogP contribution >= 0.6 is 0 Å². The SMILES string of the molecule is CC[C@H](c1ccccc1)C(C#N)(c1ccccc1)c1ccccc1. The number of rotatable bonds is 5. The van der Waals surface area contributed by atoms with Crippen molar-refractivity contribution in [2.75, 3.05) is 0 Å². The van der Waals surface area contributed by atoms with Gasteiger partial charge in [-0.25, -0.2) is 0 Å². The van der Waals surface area contributed by atoms with E-state index >= 15 is 0 Å². The van der Waals surface area contributed by atoms with Gasteiger partial charge in [-0.3, -0.25) is 0 Å². The van der Waals surface area contributed by atoms with E-state index < -0.39 is 5.41 Å². The molecule has 0 N–H and O–H groups in total. The first-order valence-corrected chi connectivity index (χ1v) is 8.40. The van der Waals surface area contributed by atoms with E-state index in [2.05, 4.69) is 61.5 Å². The molecule has 3 rings (SSSR count). The molecule has 24 heavy (non-hydrogen) atoms. The van der Waals surface area contributed by atoms with Gasteiger partial charge in [-0.1, -0.05) is 97.9 Å². The van der Waals surface area contributed by atoms with Crippen molar-refractivity contribution >= 4 is 0 Å². The van der Waals surface area contributed by atoms with E-state index in [1.54, 1.807) is 0 Å². The molecule has 0 aliphatic rings. The topological polar surface area (TPSA) is 23.8 Å². The van der Waals surface area contributed by atoms with Gasteiger partial charge < -0.3 is 0 Å². The maximum Gasteiger partial charge on any atom is 0.114 e. The highest BCUT2D eigenvalue weighted by molar-refractivity contribution is 5.50. The van der Waals surface area contributed by atoms with Crippen LogP contribution in [0.2, 0.25) is 0 Å². The molecule has 0 saturated carbocycles. The summed E-state index contributed by atoms with van der Waals surface area (Å²) < 4.78 is 0. The minimum atomic E-state index is -0.696. The van der Waals surface area contributed by atoms with Crippen LogP contribution in [0.1, 0.15) is 36.0 Å². The first kappa shape index (κ1) is 16.0. The van der Waals surface area contributed by atoms with Crippen molar-refractivity contribution in [3.05, 3.63) is 108 Å². The maximum atomic E-state index is 10.4. The molecule has 0 heterocycles. The Hall–Kier alpha value is -2.85. The van der Waals surface area contributed by atoms with Crippen LogP contribution in [0.15, 0.2) is 91.0 Å². The van der Waals surface area contributed by atoms with E-state index in [1.807, 2.05) is 42.5 Å². The number of nitrogens with zero attached hydrogens (tertiary/aromatic N) is 1. The Morgan fingerprint density at radius 1 is 0.750 bits per heavy atom. The summed E-state index contributed by atoms with van der Waals surface area (Å²) in [5.74, 6) is 0.0912. The van der Waals surface area contributed by atoms with Gasteiger partial charge in [-0.05, 0) is 23.1 Å². The lowest BCUT2D eigenvalue weighted by Crippen LogP contribution is -2.33. The number of hydrogen-bond acceptors (Lipinski definition) is 1. The van der Waals surface area contributed by atoms with E-state index in [9.17, 15) is 5.26 Å². The van der Waals surface area contributed by atoms with Crippen molar-refractivity contribution in [1.82, 2.24) is 0 Å². The van der Waals surface area contributed by atoms with Crippen molar-refractivity contribution in [2.45, 2.75) is 24.7 Å². The largest absolute Gasteiger partial charge is 0.197 e. The molecule has 0 aliphatic carbocycles. The molecule has 1 nitrogen and oxygen atoms in total. The summed E-state index contributed by atoms with van der Waals surface area (Å²) in [6.45, 7) is 2.16. The fourth-order valence-corrected chi connectivity index (χ4v) is 3.66. The Kier molecular flexibility index (Phi) is 4.77. The fourth-order valence-electron chi connectivity index (χ4n) is 3.66. The first-order chi connectivity index (χ1) is 11.8. The summed E-state index contributed by atoms with van der Waals surface area (Å²) in [6.07, 6.45) is 0.890. The number of hydrogen-bond donors (Lipinski definition) is 0. The summed E-state index contributed by atoms with van der Waals surface area (Å²) in [4.78, 5) is 0. The van der Waals surface area contributed by atoms with Crippen LogP contribution in [0.4, 0.5) is 0 Å². The van der Waals surface area contributed by atoms with Crippen molar-refractivity contribution in [3.8, 4) is 6.07 Å². The van der Waals surface area contributed by atoms with Gasteiger partial charge in [0.15, 0.2) is 0 Å². The maximum absolute atomic E-state index is 10.4. The zero-order valence-electron chi connectivity index (χ0n) is 13.9. The smallest absolute Gasteiger partial charge is 0.114 e. The molecule has 1 atom stereocenters. The van der Waals surface area contributed by atoms with Gasteiger partial charge in [0.25, 0.3) is 0 Å². The standard InChI is InChI=1S/C23H21N/c1-2-22(19-12-6-3-7-13-19)23(18-24,20-14-8-4-9-15-20)21-16-10-5-11-17-21/h3-17,22H,2H2,1H3/t22-/m1/s1. The Morgan fingerprint density at radius 3 is 1.54 bits per heavy atom. The second-order valence-electron chi connectivity index (χ2n) is 6.02. The Balaban J connectivity index is 2.28. The highest BCUT2D eigenvalue weighted by Gasteiger charge is 2.42. The summed E-state index contributed by atoms with van der Waals surface area (Å²) in [5, 5.41) is 10.4. The predicted octanol–water partition coefficient (Wildman–Crippen LogP) is 5.69. The van der Waals surface area contributed by atoms with Gasteiger partial charge in [0, 0.05) is 5.92 Å². The quantitative estimate of drug-likeness (QED) is 0.594. The zero-order valence-corrected chi connectivity index (χ0v) is 13.9. The second-order valence-corrected chi connectivity index (χ2v) is 6.02. The van der Waals surface area contributed by atoms with Crippen LogP contribution in [0.3, 0.4) is 0 Å². The average molecular weight is 311 g/mol. The molecule has 0 bridgehead atoms. The minimum Gasteiger partial charge on any atom is -0.197 e. The molecular formula is C23H21N. The van der Waals surface area contributed by atoms with E-state index in [1.165, 1.54) is 5.56 Å². The molecule has 0 amide bonds. The molecule has 0 saturated heterocycles. The number of benzene rings is 3. The van der Waals surface area contributed by atoms with Gasteiger partial charge in [-0.15, -0.1) is 0 Å². The lowest BCUT2D eigenvalue weighted by molar-refractivity contribution is 0.491. The predicted molar refractivity (Wildman–Crippen MR) is 98.8 cm³/mol. The molecule has 3 aromatic rings. The van der Waals surface area contributed by atoms with Crippen molar-refractivity contribution < 1.29 is 0 Å². The minimum absolute atomic E-state index is 0.0912. The summed E-state index contributed by atoms with van der Waals surface area (Å²) in [7, 11) is 0. The third-order valence-corrected chi connectivity index (χ3v) is 4.77. The first-order valence-electron chi connectivity index (χ1n) is 8.40. The highest BCUT2D eigenvalue weighted by atomic mass is 14.5. The molecule has 0 spiro atoms. The second kappa shape index (κ2) is 7.15. The summed E-state index contributed by atoms with van der Waals surface area (Å²) >= 11 is 0. The zero-order chi connectivity index (χ0) is 16.8. The summed E-state index contributed by atoms with van der Waals surface area (Å²) in [6, 6.07) is 33.4. The third kappa shape index (κ3) is 2.72. The van der Waals surface area contributed by atoms with Crippen molar-refractivity contribution in [1.29, 1.82) is 5.26 Å². The Morgan fingerprint density at radius 2 is 1.17 bits per heavy atom. The molecule has 0 radical (unpaired) electrons. The lowest BCUT2D eigenvalue weighted by atomic mass is 9.63. The number of nitriles is 1. The van der Waals surface area contributed by atoms with Crippen LogP contribution in [0.25, 0.3) is 0 Å². The monoisotopic (exact) mass is 311 g/mol. The fraction of sp³-hybridized carbons (Fsp3) is 0.174. The normalized spacial score (nSPS) is 12.3. The van der Waals surface area contributed by atoms with Gasteiger partial charge in [0.2, 0.25) is 0 Å². The van der Waals surface area contributed by atoms with E-state index in [0.29, 0.717) is 0 Å². The Bertz CT molecular complexity index is 761. The molecule has 1 heteroatoms. The molecule has 0 fully saturated rings. The molecule has 0 aliphatic heterocycles. The summed E-state index contributed by atoms with van der Waals surface area (Å²) in [5.41, 5.74) is 2.61. The van der Waals surface area contributed by atoms with Gasteiger partial charge in [0.05, 0.1) is 6.07 Å². The van der Waals surface area contributed by atoms with Gasteiger partial charge >= 0.3 is 0 Å². The Labute approximate surface area is 144 Å². The van der Waals surface area contributed by atoms with Gasteiger partial charge in [0.1, 0.15) is 5.41 Å². The third-order valence-electron chi connectivity index (χ3n) is 4.77. The van der Waals surface area contributed by atoms with Crippen LogP contribution < -0.4 is 0 Å². The van der Waals surface area contributed by atoms with E-state index in [-0.39, 0.29) is 5.92 Å². The highest BCUT2D eigenvalue weighted by Crippen LogP contribution is 2.45. The van der Waals surface area contributed by atoms with Crippen LogP contribution in [0.5, 0.6) is 0 Å². The van der Waals surface area contributed by atoms with Crippen LogP contribution in [-0.2, 0) is 5.41 Å². The van der Waals surface area contributed by atoms with Crippen LogP contribution in [0, 0.1) is 11.3 Å². The van der Waals surface area contributed by atoms with Crippen molar-refractivity contribution in [3.63, 3.8) is 0 Å². The average Bonchev–Trinajstić information content (AvgIpc) is 2.68.